The molecule has 0 heterocycles. The predicted molar refractivity (Wildman–Crippen MR) is 62.2 cm³/mol. The molecular weight excluding hydrogens is 232 g/mol. The van der Waals surface area contributed by atoms with Crippen LogP contribution in [0.2, 0.25) is 0 Å². The minimum atomic E-state index is -0.724. The summed E-state index contributed by atoms with van der Waals surface area (Å²) in [5.74, 6) is -0.345. The summed E-state index contributed by atoms with van der Waals surface area (Å²) in [6, 6.07) is 5.75. The van der Waals surface area contributed by atoms with E-state index in [4.69, 9.17) is 16.6 Å². The Morgan fingerprint density at radius 3 is 2.44 bits per heavy atom. The second kappa shape index (κ2) is 7.05. The molecule has 0 amide bonds. The van der Waals surface area contributed by atoms with Gasteiger partial charge < -0.3 is 15.6 Å². The molecule has 0 aliphatic carbocycles. The fourth-order valence-corrected chi connectivity index (χ4v) is 1.16. The molecule has 0 saturated carbocycles. The Bertz CT molecular complexity index is 329. The second-order valence-corrected chi connectivity index (χ2v) is 3.11. The van der Waals surface area contributed by atoms with Crippen molar-refractivity contribution in [3.63, 3.8) is 0 Å². The molecule has 5 N–H and O–H groups in total. The predicted octanol–water partition coefficient (Wildman–Crippen LogP) is 0.143. The van der Waals surface area contributed by atoms with E-state index in [0.717, 1.165) is 5.56 Å². The standard InChI is InChI=1S/C10H14N2O3.ClH/c11-6-15-10(14)9(12)5-7-1-3-8(13)4-2-7;/h1-4,9,13H,5-6,11-12H2;1H/t9-;/m0./s1. The lowest BCUT2D eigenvalue weighted by Gasteiger charge is -2.10. The molecule has 0 bridgehead atoms. The average Bonchev–Trinajstić information content (AvgIpc) is 2.22. The van der Waals surface area contributed by atoms with Gasteiger partial charge in [0.1, 0.15) is 18.5 Å². The lowest BCUT2D eigenvalue weighted by Crippen LogP contribution is -2.35. The van der Waals surface area contributed by atoms with Gasteiger partial charge in [0.15, 0.2) is 0 Å². The zero-order valence-corrected chi connectivity index (χ0v) is 9.44. The van der Waals surface area contributed by atoms with Crippen LogP contribution in [0.4, 0.5) is 0 Å². The maximum atomic E-state index is 11.1. The number of ether oxygens (including phenoxy) is 1. The van der Waals surface area contributed by atoms with E-state index in [9.17, 15) is 4.79 Å². The number of rotatable bonds is 4. The number of aromatic hydroxyl groups is 1. The fourth-order valence-electron chi connectivity index (χ4n) is 1.16. The number of phenolic OH excluding ortho intramolecular Hbond substituents is 1. The van der Waals surface area contributed by atoms with E-state index in [1.807, 2.05) is 0 Å². The third kappa shape index (κ3) is 4.48. The molecule has 0 aliphatic heterocycles. The monoisotopic (exact) mass is 246 g/mol. The summed E-state index contributed by atoms with van der Waals surface area (Å²) in [4.78, 5) is 11.1. The first-order chi connectivity index (χ1) is 7.13. The maximum Gasteiger partial charge on any atom is 0.324 e. The summed E-state index contributed by atoms with van der Waals surface area (Å²) in [7, 11) is 0. The smallest absolute Gasteiger partial charge is 0.324 e. The van der Waals surface area contributed by atoms with Crippen LogP contribution in [0.1, 0.15) is 5.56 Å². The van der Waals surface area contributed by atoms with Crippen molar-refractivity contribution in [1.29, 1.82) is 0 Å². The van der Waals surface area contributed by atoms with Gasteiger partial charge in [-0.15, -0.1) is 12.4 Å². The molecular formula is C10H15ClN2O3. The van der Waals surface area contributed by atoms with Gasteiger partial charge in [0, 0.05) is 0 Å². The largest absolute Gasteiger partial charge is 0.508 e. The topological polar surface area (TPSA) is 98.6 Å². The molecule has 0 aliphatic rings. The summed E-state index contributed by atoms with van der Waals surface area (Å²) in [5.41, 5.74) is 11.5. The van der Waals surface area contributed by atoms with Crippen LogP contribution >= 0.6 is 12.4 Å². The average molecular weight is 247 g/mol. The molecule has 0 fully saturated rings. The Kier molecular flexibility index (Phi) is 6.48. The Balaban J connectivity index is 0.00000225. The Morgan fingerprint density at radius 2 is 1.94 bits per heavy atom. The highest BCUT2D eigenvalue weighted by molar-refractivity contribution is 5.85. The number of benzene rings is 1. The molecule has 6 heteroatoms. The van der Waals surface area contributed by atoms with Gasteiger partial charge in [-0.3, -0.25) is 10.5 Å². The van der Waals surface area contributed by atoms with Crippen LogP contribution in [-0.2, 0) is 16.0 Å². The van der Waals surface area contributed by atoms with Crippen molar-refractivity contribution in [2.45, 2.75) is 12.5 Å². The Morgan fingerprint density at radius 1 is 1.38 bits per heavy atom. The van der Waals surface area contributed by atoms with Crippen molar-refractivity contribution in [2.24, 2.45) is 11.5 Å². The summed E-state index contributed by atoms with van der Waals surface area (Å²) in [5, 5.41) is 9.04. The molecule has 0 unspecified atom stereocenters. The number of phenols is 1. The molecule has 0 spiro atoms. The van der Waals surface area contributed by atoms with Gasteiger partial charge in [0.2, 0.25) is 0 Å². The zero-order valence-electron chi connectivity index (χ0n) is 8.63. The van der Waals surface area contributed by atoms with Gasteiger partial charge in [0.05, 0.1) is 0 Å². The van der Waals surface area contributed by atoms with Crippen molar-refractivity contribution in [2.75, 3.05) is 6.73 Å². The van der Waals surface area contributed by atoms with Crippen LogP contribution in [-0.4, -0.2) is 23.8 Å². The third-order valence-corrected chi connectivity index (χ3v) is 1.92. The number of hydrogen-bond acceptors (Lipinski definition) is 5. The maximum absolute atomic E-state index is 11.1. The Hall–Kier alpha value is -1.30. The highest BCUT2D eigenvalue weighted by atomic mass is 35.5. The van der Waals surface area contributed by atoms with E-state index in [1.54, 1.807) is 12.1 Å². The number of halogens is 1. The van der Waals surface area contributed by atoms with Crippen molar-refractivity contribution >= 4 is 18.4 Å². The highest BCUT2D eigenvalue weighted by Gasteiger charge is 2.14. The molecule has 90 valence electrons. The van der Waals surface area contributed by atoms with Gasteiger partial charge in [-0.1, -0.05) is 12.1 Å². The molecule has 1 atom stereocenters. The van der Waals surface area contributed by atoms with Crippen molar-refractivity contribution < 1.29 is 14.6 Å². The summed E-state index contributed by atoms with van der Waals surface area (Å²) in [6.45, 7) is -0.165. The van der Waals surface area contributed by atoms with Crippen molar-refractivity contribution in [3.8, 4) is 5.75 Å². The quantitative estimate of drug-likeness (QED) is 0.519. The minimum Gasteiger partial charge on any atom is -0.508 e. The van der Waals surface area contributed by atoms with Gasteiger partial charge >= 0.3 is 5.97 Å². The van der Waals surface area contributed by atoms with E-state index in [2.05, 4.69) is 4.74 Å². The van der Waals surface area contributed by atoms with Crippen LogP contribution in [0.15, 0.2) is 24.3 Å². The number of nitrogens with two attached hydrogens (primary N) is 2. The van der Waals surface area contributed by atoms with Gasteiger partial charge in [0.25, 0.3) is 0 Å². The van der Waals surface area contributed by atoms with Crippen molar-refractivity contribution in [3.05, 3.63) is 29.8 Å². The normalized spacial score (nSPS) is 11.4. The molecule has 5 nitrogen and oxygen atoms in total. The lowest BCUT2D eigenvalue weighted by atomic mass is 10.1. The number of esters is 1. The van der Waals surface area contributed by atoms with Gasteiger partial charge in [-0.05, 0) is 24.1 Å². The molecule has 0 radical (unpaired) electrons. The SMILES string of the molecule is Cl.NCOC(=O)[C@@H](N)Cc1ccc(O)cc1. The van der Waals surface area contributed by atoms with Gasteiger partial charge in [-0.25, -0.2) is 0 Å². The summed E-state index contributed by atoms with van der Waals surface area (Å²) < 4.78 is 4.56. The van der Waals surface area contributed by atoms with E-state index in [-0.39, 0.29) is 24.9 Å². The van der Waals surface area contributed by atoms with Crippen LogP contribution in [0, 0.1) is 0 Å². The third-order valence-electron chi connectivity index (χ3n) is 1.92. The number of hydrogen-bond donors (Lipinski definition) is 3. The lowest BCUT2D eigenvalue weighted by molar-refractivity contribution is -0.144. The number of carbonyl (C=O) groups excluding carboxylic acids is 1. The number of carbonyl (C=O) groups is 1. The van der Waals surface area contributed by atoms with Crippen LogP contribution in [0.3, 0.4) is 0 Å². The van der Waals surface area contributed by atoms with Crippen LogP contribution in [0.5, 0.6) is 5.75 Å². The molecule has 16 heavy (non-hydrogen) atoms. The molecule has 0 saturated heterocycles. The summed E-state index contributed by atoms with van der Waals surface area (Å²) in [6.07, 6.45) is 0.360. The molecule has 1 aromatic carbocycles. The first-order valence-corrected chi connectivity index (χ1v) is 4.53. The first kappa shape index (κ1) is 14.7. The molecule has 0 aromatic heterocycles. The Labute approximate surface area is 99.8 Å². The zero-order chi connectivity index (χ0) is 11.3. The van der Waals surface area contributed by atoms with Gasteiger partial charge in [-0.2, -0.15) is 0 Å². The van der Waals surface area contributed by atoms with Crippen LogP contribution in [0.25, 0.3) is 0 Å². The van der Waals surface area contributed by atoms with E-state index in [0.29, 0.717) is 6.42 Å². The minimum absolute atomic E-state index is 0. The fraction of sp³-hybridized carbons (Fsp3) is 0.300. The van der Waals surface area contributed by atoms with E-state index < -0.39 is 12.0 Å². The van der Waals surface area contributed by atoms with E-state index in [1.165, 1.54) is 12.1 Å². The molecule has 1 rings (SSSR count). The highest BCUT2D eigenvalue weighted by Crippen LogP contribution is 2.11. The van der Waals surface area contributed by atoms with E-state index >= 15 is 0 Å². The molecule has 1 aromatic rings. The van der Waals surface area contributed by atoms with Crippen LogP contribution < -0.4 is 11.5 Å². The second-order valence-electron chi connectivity index (χ2n) is 3.11. The first-order valence-electron chi connectivity index (χ1n) is 4.53. The van der Waals surface area contributed by atoms with Crippen molar-refractivity contribution in [1.82, 2.24) is 0 Å². The summed E-state index contributed by atoms with van der Waals surface area (Å²) >= 11 is 0.